The third kappa shape index (κ3) is 3.27. The molecule has 0 radical (unpaired) electrons. The Morgan fingerprint density at radius 3 is 2.60 bits per heavy atom. The number of halogens is 1. The topological polar surface area (TPSA) is 63.2 Å². The van der Waals surface area contributed by atoms with Gasteiger partial charge in [-0.05, 0) is 36.2 Å². The van der Waals surface area contributed by atoms with E-state index in [0.717, 1.165) is 11.4 Å². The molecule has 0 saturated carbocycles. The van der Waals surface area contributed by atoms with Crippen LogP contribution in [0, 0.1) is 6.92 Å². The first-order chi connectivity index (χ1) is 9.49. The summed E-state index contributed by atoms with van der Waals surface area (Å²) in [5.74, 6) is 0.343. The van der Waals surface area contributed by atoms with Crippen LogP contribution in [-0.4, -0.2) is 36.2 Å². The van der Waals surface area contributed by atoms with Gasteiger partial charge in [0.05, 0.1) is 7.11 Å². The van der Waals surface area contributed by atoms with Gasteiger partial charge in [-0.3, -0.25) is 0 Å². The Balaban J connectivity index is 2.30. The van der Waals surface area contributed by atoms with Crippen molar-refractivity contribution in [2.24, 2.45) is 0 Å². The first-order valence-electron chi connectivity index (χ1n) is 6.00. The van der Waals surface area contributed by atoms with Gasteiger partial charge < -0.3 is 15.0 Å². The van der Waals surface area contributed by atoms with Gasteiger partial charge in [-0.1, -0.05) is 6.07 Å². The van der Waals surface area contributed by atoms with Crippen LogP contribution in [0.4, 0.5) is 17.3 Å². The minimum absolute atomic E-state index is 0.0827. The zero-order chi connectivity index (χ0) is 14.7. The van der Waals surface area contributed by atoms with E-state index in [1.54, 1.807) is 0 Å². The van der Waals surface area contributed by atoms with Crippen molar-refractivity contribution in [1.82, 2.24) is 15.0 Å². The lowest BCUT2D eigenvalue weighted by molar-refractivity contribution is 0.379. The Labute approximate surface area is 122 Å². The zero-order valence-electron chi connectivity index (χ0n) is 11.8. The fourth-order valence-electron chi connectivity index (χ4n) is 1.78. The maximum Gasteiger partial charge on any atom is 0.322 e. The average Bonchev–Trinajstić information content (AvgIpc) is 2.40. The van der Waals surface area contributed by atoms with Crippen molar-refractivity contribution in [2.75, 3.05) is 31.4 Å². The summed E-state index contributed by atoms with van der Waals surface area (Å²) < 4.78 is 4.96. The molecule has 0 aliphatic carbocycles. The summed E-state index contributed by atoms with van der Waals surface area (Å²) in [6.07, 6.45) is 0. The van der Waals surface area contributed by atoms with Gasteiger partial charge in [-0.2, -0.15) is 15.0 Å². The smallest absolute Gasteiger partial charge is 0.322 e. The standard InChI is InChI=1S/C13H16ClN5O/c1-8-5-6-9(7-10(8)19(2)3)15-12-16-11(14)17-13(18-12)20-4/h5-7H,1-4H3,(H,15,16,17,18). The summed E-state index contributed by atoms with van der Waals surface area (Å²) in [4.78, 5) is 14.0. The van der Waals surface area contributed by atoms with Crippen molar-refractivity contribution < 1.29 is 4.74 Å². The Morgan fingerprint density at radius 2 is 1.95 bits per heavy atom. The molecule has 20 heavy (non-hydrogen) atoms. The van der Waals surface area contributed by atoms with E-state index in [1.165, 1.54) is 12.7 Å². The Morgan fingerprint density at radius 1 is 1.20 bits per heavy atom. The van der Waals surface area contributed by atoms with E-state index in [0.29, 0.717) is 5.95 Å². The van der Waals surface area contributed by atoms with Gasteiger partial charge in [0.1, 0.15) is 0 Å². The molecule has 0 fully saturated rings. The van der Waals surface area contributed by atoms with Crippen LogP contribution in [0.15, 0.2) is 18.2 Å². The molecule has 0 spiro atoms. The van der Waals surface area contributed by atoms with Crippen LogP contribution in [0.5, 0.6) is 6.01 Å². The van der Waals surface area contributed by atoms with E-state index in [-0.39, 0.29) is 11.3 Å². The highest BCUT2D eigenvalue weighted by atomic mass is 35.5. The van der Waals surface area contributed by atoms with Crippen molar-refractivity contribution in [2.45, 2.75) is 6.92 Å². The summed E-state index contributed by atoms with van der Waals surface area (Å²) in [5.41, 5.74) is 3.16. The molecule has 0 atom stereocenters. The molecule has 1 heterocycles. The van der Waals surface area contributed by atoms with Crippen molar-refractivity contribution in [3.8, 4) is 6.01 Å². The molecule has 2 aromatic rings. The maximum absolute atomic E-state index is 5.81. The predicted molar refractivity (Wildman–Crippen MR) is 80.2 cm³/mol. The van der Waals surface area contributed by atoms with Crippen LogP contribution < -0.4 is 15.0 Å². The molecule has 0 aliphatic heterocycles. The summed E-state index contributed by atoms with van der Waals surface area (Å²) in [6.45, 7) is 2.06. The van der Waals surface area contributed by atoms with Crippen LogP contribution in [0.2, 0.25) is 5.28 Å². The normalized spacial score (nSPS) is 10.2. The average molecular weight is 294 g/mol. The largest absolute Gasteiger partial charge is 0.467 e. The molecule has 7 heteroatoms. The molecule has 1 N–H and O–H groups in total. The van der Waals surface area contributed by atoms with E-state index in [9.17, 15) is 0 Å². The van der Waals surface area contributed by atoms with E-state index in [2.05, 4.69) is 27.2 Å². The number of aromatic nitrogens is 3. The zero-order valence-corrected chi connectivity index (χ0v) is 12.6. The molecule has 6 nitrogen and oxygen atoms in total. The first-order valence-corrected chi connectivity index (χ1v) is 6.38. The van der Waals surface area contributed by atoms with Gasteiger partial charge in [0, 0.05) is 25.5 Å². The van der Waals surface area contributed by atoms with Gasteiger partial charge in [0.25, 0.3) is 0 Å². The molecule has 2 rings (SSSR count). The molecule has 0 aliphatic rings. The van der Waals surface area contributed by atoms with Gasteiger partial charge in [0.2, 0.25) is 11.2 Å². The van der Waals surface area contributed by atoms with Crippen LogP contribution in [0.3, 0.4) is 0 Å². The molecule has 0 saturated heterocycles. The van der Waals surface area contributed by atoms with Gasteiger partial charge in [-0.25, -0.2) is 0 Å². The second-order valence-electron chi connectivity index (χ2n) is 4.44. The molecule has 106 valence electrons. The molecular formula is C13H16ClN5O. The minimum atomic E-state index is 0.0827. The molecule has 0 bridgehead atoms. The fraction of sp³-hybridized carbons (Fsp3) is 0.308. The number of anilines is 3. The number of hydrogen-bond donors (Lipinski definition) is 1. The lowest BCUT2D eigenvalue weighted by Crippen LogP contribution is -2.10. The number of rotatable bonds is 4. The lowest BCUT2D eigenvalue weighted by Gasteiger charge is -2.17. The minimum Gasteiger partial charge on any atom is -0.467 e. The van der Waals surface area contributed by atoms with Crippen LogP contribution >= 0.6 is 11.6 Å². The van der Waals surface area contributed by atoms with Crippen molar-refractivity contribution >= 4 is 28.9 Å². The first kappa shape index (κ1) is 14.3. The number of nitrogens with one attached hydrogen (secondary N) is 1. The molecule has 1 aromatic carbocycles. The Bertz CT molecular complexity index is 618. The molecule has 1 aromatic heterocycles. The summed E-state index contributed by atoms with van der Waals surface area (Å²) in [6, 6.07) is 6.16. The Hall–Kier alpha value is -2.08. The summed E-state index contributed by atoms with van der Waals surface area (Å²) in [7, 11) is 5.47. The van der Waals surface area contributed by atoms with Gasteiger partial charge in [-0.15, -0.1) is 0 Å². The van der Waals surface area contributed by atoms with E-state index >= 15 is 0 Å². The Kier molecular flexibility index (Phi) is 4.24. The third-order valence-corrected chi connectivity index (χ3v) is 2.89. The van der Waals surface area contributed by atoms with E-state index in [1.807, 2.05) is 37.2 Å². The molecule has 0 unspecified atom stereocenters. The number of benzene rings is 1. The van der Waals surface area contributed by atoms with Crippen LogP contribution in [0.1, 0.15) is 5.56 Å². The van der Waals surface area contributed by atoms with Crippen molar-refractivity contribution in [3.05, 3.63) is 29.0 Å². The number of ether oxygens (including phenoxy) is 1. The van der Waals surface area contributed by atoms with Crippen LogP contribution in [0.25, 0.3) is 0 Å². The number of hydrogen-bond acceptors (Lipinski definition) is 6. The number of nitrogens with zero attached hydrogens (tertiary/aromatic N) is 4. The molecule has 0 amide bonds. The van der Waals surface area contributed by atoms with E-state index < -0.39 is 0 Å². The van der Waals surface area contributed by atoms with Crippen LogP contribution in [-0.2, 0) is 0 Å². The second kappa shape index (κ2) is 5.92. The van der Waals surface area contributed by atoms with Gasteiger partial charge >= 0.3 is 6.01 Å². The predicted octanol–water partition coefficient (Wildman–Crippen LogP) is 2.65. The SMILES string of the molecule is COc1nc(Cl)nc(Nc2ccc(C)c(N(C)C)c2)n1. The number of aryl methyl sites for hydroxylation is 1. The third-order valence-electron chi connectivity index (χ3n) is 2.72. The maximum atomic E-state index is 5.81. The summed E-state index contributed by atoms with van der Waals surface area (Å²) >= 11 is 5.81. The number of methoxy groups -OCH3 is 1. The summed E-state index contributed by atoms with van der Waals surface area (Å²) in [5, 5.41) is 3.17. The van der Waals surface area contributed by atoms with Gasteiger partial charge in [0.15, 0.2) is 0 Å². The molecular weight excluding hydrogens is 278 g/mol. The van der Waals surface area contributed by atoms with Crippen molar-refractivity contribution in [1.29, 1.82) is 0 Å². The second-order valence-corrected chi connectivity index (χ2v) is 4.77. The monoisotopic (exact) mass is 293 g/mol. The quantitative estimate of drug-likeness (QED) is 0.935. The van der Waals surface area contributed by atoms with Crippen molar-refractivity contribution in [3.63, 3.8) is 0 Å². The van der Waals surface area contributed by atoms with E-state index in [4.69, 9.17) is 16.3 Å². The fourth-order valence-corrected chi connectivity index (χ4v) is 1.93. The highest BCUT2D eigenvalue weighted by molar-refractivity contribution is 6.28. The lowest BCUT2D eigenvalue weighted by atomic mass is 10.1. The highest BCUT2D eigenvalue weighted by Gasteiger charge is 2.07. The highest BCUT2D eigenvalue weighted by Crippen LogP contribution is 2.24.